The van der Waals surface area contributed by atoms with Crippen LogP contribution in [0.2, 0.25) is 0 Å². The Kier molecular flexibility index (Phi) is 15.9. The molecule has 5 heteroatoms. The maximum absolute atomic E-state index is 10.8. The number of aliphatic hydroxyl groups is 2. The van der Waals surface area contributed by atoms with Gasteiger partial charge in [-0.15, -0.1) is 0 Å². The van der Waals surface area contributed by atoms with E-state index in [1.54, 1.807) is 7.05 Å². The largest absolute Gasteiger partial charge is 0.390 e. The third-order valence-electron chi connectivity index (χ3n) is 4.06. The van der Waals surface area contributed by atoms with Gasteiger partial charge in [-0.3, -0.25) is 0 Å². The van der Waals surface area contributed by atoms with Crippen LogP contribution in [0.25, 0.3) is 0 Å². The average molecular weight is 316 g/mol. The molecule has 0 aliphatic heterocycles. The standard InChI is InChI=1S/C16H34N2O2.CH2O/c1-5-8-9-11-14(10-6-2)12-16(20,7-3)15(13-19)18-17-4;1-2/h14,17,19-20H,5-13H2,1-4H3;1H2/b18-15+;. The van der Waals surface area contributed by atoms with Crippen LogP contribution < -0.4 is 5.43 Å². The molecular formula is C17H36N2O3. The van der Waals surface area contributed by atoms with Gasteiger partial charge in [-0.05, 0) is 18.8 Å². The number of unbranched alkanes of at least 4 members (excludes halogenated alkanes) is 2. The number of aliphatic hydroxyl groups excluding tert-OH is 1. The van der Waals surface area contributed by atoms with Crippen molar-refractivity contribution in [3.8, 4) is 0 Å². The first-order valence-electron chi connectivity index (χ1n) is 8.43. The monoisotopic (exact) mass is 316 g/mol. The molecule has 0 radical (unpaired) electrons. The van der Waals surface area contributed by atoms with Gasteiger partial charge in [-0.1, -0.05) is 59.3 Å². The maximum atomic E-state index is 10.8. The molecule has 0 heterocycles. The normalized spacial score (nSPS) is 15.5. The summed E-state index contributed by atoms with van der Waals surface area (Å²) in [6, 6.07) is 0. The highest BCUT2D eigenvalue weighted by atomic mass is 16.3. The Hall–Kier alpha value is -0.940. The van der Waals surface area contributed by atoms with Gasteiger partial charge in [-0.2, -0.15) is 5.10 Å². The number of hydrogen-bond donors (Lipinski definition) is 3. The van der Waals surface area contributed by atoms with E-state index in [4.69, 9.17) is 4.79 Å². The molecule has 5 nitrogen and oxygen atoms in total. The van der Waals surface area contributed by atoms with Crippen molar-refractivity contribution in [2.45, 2.75) is 77.7 Å². The minimum atomic E-state index is -0.982. The summed E-state index contributed by atoms with van der Waals surface area (Å²) in [4.78, 5) is 8.00. The molecule has 0 amide bonds. The number of hydrazone groups is 1. The molecule has 0 fully saturated rings. The average Bonchev–Trinajstić information content (AvgIpc) is 2.54. The van der Waals surface area contributed by atoms with Gasteiger partial charge < -0.3 is 20.4 Å². The van der Waals surface area contributed by atoms with E-state index in [2.05, 4.69) is 24.4 Å². The molecule has 0 aromatic heterocycles. The van der Waals surface area contributed by atoms with Crippen LogP contribution in [0.4, 0.5) is 0 Å². The minimum Gasteiger partial charge on any atom is -0.390 e. The number of carbonyl (C=O) groups is 1. The summed E-state index contributed by atoms with van der Waals surface area (Å²) in [5.41, 5.74) is 2.16. The lowest BCUT2D eigenvalue weighted by atomic mass is 9.80. The highest BCUT2D eigenvalue weighted by Crippen LogP contribution is 2.29. The van der Waals surface area contributed by atoms with Crippen LogP contribution in [0.5, 0.6) is 0 Å². The lowest BCUT2D eigenvalue weighted by Crippen LogP contribution is -2.43. The summed E-state index contributed by atoms with van der Waals surface area (Å²) in [5.74, 6) is 0.505. The molecule has 0 saturated carbocycles. The summed E-state index contributed by atoms with van der Waals surface area (Å²) in [6.45, 7) is 8.15. The maximum Gasteiger partial charge on any atom is 0.107 e. The van der Waals surface area contributed by atoms with Crippen LogP contribution in [0.3, 0.4) is 0 Å². The molecule has 2 atom stereocenters. The van der Waals surface area contributed by atoms with E-state index in [0.717, 1.165) is 19.3 Å². The van der Waals surface area contributed by atoms with E-state index in [0.29, 0.717) is 24.5 Å². The molecule has 0 aromatic rings. The van der Waals surface area contributed by atoms with E-state index in [-0.39, 0.29) is 6.61 Å². The van der Waals surface area contributed by atoms with Crippen LogP contribution in [0.15, 0.2) is 5.10 Å². The Morgan fingerprint density at radius 2 is 1.82 bits per heavy atom. The van der Waals surface area contributed by atoms with Gasteiger partial charge in [-0.25, -0.2) is 0 Å². The van der Waals surface area contributed by atoms with Crippen molar-refractivity contribution in [3.63, 3.8) is 0 Å². The minimum absolute atomic E-state index is 0.195. The zero-order valence-corrected chi connectivity index (χ0v) is 14.9. The summed E-state index contributed by atoms with van der Waals surface area (Å²) < 4.78 is 0. The van der Waals surface area contributed by atoms with Crippen molar-refractivity contribution in [2.75, 3.05) is 13.7 Å². The Labute approximate surface area is 136 Å². The quantitative estimate of drug-likeness (QED) is 0.294. The molecule has 22 heavy (non-hydrogen) atoms. The Morgan fingerprint density at radius 1 is 1.18 bits per heavy atom. The molecule has 0 rings (SSSR count). The number of nitrogens with zero attached hydrogens (tertiary/aromatic N) is 1. The van der Waals surface area contributed by atoms with E-state index >= 15 is 0 Å². The second kappa shape index (κ2) is 15.0. The van der Waals surface area contributed by atoms with Crippen molar-refractivity contribution in [2.24, 2.45) is 11.0 Å². The molecule has 0 aromatic carbocycles. The molecular weight excluding hydrogens is 280 g/mol. The second-order valence-corrected chi connectivity index (χ2v) is 5.68. The molecule has 0 saturated heterocycles. The van der Waals surface area contributed by atoms with E-state index in [9.17, 15) is 10.2 Å². The van der Waals surface area contributed by atoms with Gasteiger partial charge in [0.2, 0.25) is 0 Å². The molecule has 132 valence electrons. The predicted octanol–water partition coefficient (Wildman–Crippen LogP) is 2.90. The Balaban J connectivity index is 0. The van der Waals surface area contributed by atoms with Crippen molar-refractivity contribution < 1.29 is 15.0 Å². The summed E-state index contributed by atoms with van der Waals surface area (Å²) >= 11 is 0. The highest BCUT2D eigenvalue weighted by Gasteiger charge is 2.33. The zero-order valence-electron chi connectivity index (χ0n) is 14.9. The molecule has 0 aliphatic carbocycles. The molecule has 2 unspecified atom stereocenters. The lowest BCUT2D eigenvalue weighted by Gasteiger charge is -2.32. The number of rotatable bonds is 12. The third kappa shape index (κ3) is 9.15. The topological polar surface area (TPSA) is 81.9 Å². The highest BCUT2D eigenvalue weighted by molar-refractivity contribution is 5.93. The fourth-order valence-corrected chi connectivity index (χ4v) is 2.81. The number of hydrogen-bond acceptors (Lipinski definition) is 5. The Bertz CT molecular complexity index is 285. The van der Waals surface area contributed by atoms with E-state index in [1.165, 1.54) is 19.3 Å². The van der Waals surface area contributed by atoms with Crippen LogP contribution in [0.1, 0.15) is 72.1 Å². The smallest absolute Gasteiger partial charge is 0.107 e. The Morgan fingerprint density at radius 3 is 2.23 bits per heavy atom. The van der Waals surface area contributed by atoms with E-state index in [1.807, 2.05) is 13.7 Å². The van der Waals surface area contributed by atoms with Gasteiger partial charge in [0.05, 0.1) is 12.3 Å². The van der Waals surface area contributed by atoms with Gasteiger partial charge in [0.25, 0.3) is 0 Å². The first kappa shape index (κ1) is 23.3. The van der Waals surface area contributed by atoms with Crippen LogP contribution in [-0.2, 0) is 4.79 Å². The molecule has 3 N–H and O–H groups in total. The van der Waals surface area contributed by atoms with Crippen molar-refractivity contribution in [1.29, 1.82) is 0 Å². The SMILES string of the molecule is C=O.CCCCCC(CCC)CC(O)(CC)/C(CO)=N/NC. The number of nitrogens with one attached hydrogen (secondary N) is 1. The zero-order chi connectivity index (χ0) is 17.4. The summed E-state index contributed by atoms with van der Waals surface area (Å²) in [6.07, 6.45) is 8.39. The van der Waals surface area contributed by atoms with Crippen molar-refractivity contribution in [1.82, 2.24) is 5.43 Å². The van der Waals surface area contributed by atoms with Gasteiger partial charge in [0, 0.05) is 7.05 Å². The summed E-state index contributed by atoms with van der Waals surface area (Å²) in [7, 11) is 1.69. The van der Waals surface area contributed by atoms with Gasteiger partial charge in [0.1, 0.15) is 12.4 Å². The lowest BCUT2D eigenvalue weighted by molar-refractivity contribution is -0.0979. The fraction of sp³-hybridized carbons (Fsp3) is 0.882. The van der Waals surface area contributed by atoms with Crippen LogP contribution in [0, 0.1) is 5.92 Å². The first-order valence-corrected chi connectivity index (χ1v) is 8.43. The third-order valence-corrected chi connectivity index (χ3v) is 4.06. The van der Waals surface area contributed by atoms with Crippen molar-refractivity contribution in [3.05, 3.63) is 0 Å². The first-order chi connectivity index (χ1) is 10.6. The molecule has 0 aliphatic rings. The number of carbonyl (C=O) groups excluding carboxylic acids is 1. The van der Waals surface area contributed by atoms with Gasteiger partial charge >= 0.3 is 0 Å². The fourth-order valence-electron chi connectivity index (χ4n) is 2.81. The van der Waals surface area contributed by atoms with Crippen LogP contribution in [-0.4, -0.2) is 42.0 Å². The van der Waals surface area contributed by atoms with Crippen molar-refractivity contribution >= 4 is 12.5 Å². The van der Waals surface area contributed by atoms with E-state index < -0.39 is 5.60 Å². The van der Waals surface area contributed by atoms with Crippen LogP contribution >= 0.6 is 0 Å². The second-order valence-electron chi connectivity index (χ2n) is 5.68. The van der Waals surface area contributed by atoms with Gasteiger partial charge in [0.15, 0.2) is 0 Å². The summed E-state index contributed by atoms with van der Waals surface area (Å²) in [5, 5.41) is 24.3. The molecule has 0 bridgehead atoms. The predicted molar refractivity (Wildman–Crippen MR) is 93.1 cm³/mol. The molecule has 0 spiro atoms.